The fraction of sp³-hybridized carbons (Fsp3) is 0.100. The maximum atomic E-state index is 11.3. The van der Waals surface area contributed by atoms with Crippen molar-refractivity contribution in [2.24, 2.45) is 0 Å². The quantitative estimate of drug-likeness (QED) is 0.645. The van der Waals surface area contributed by atoms with E-state index in [9.17, 15) is 9.90 Å². The van der Waals surface area contributed by atoms with Crippen molar-refractivity contribution in [1.82, 2.24) is 4.98 Å². The molecule has 1 heterocycles. The van der Waals surface area contributed by atoms with E-state index in [0.717, 1.165) is 11.6 Å². The number of H-pyrrole nitrogens is 1. The van der Waals surface area contributed by atoms with Gasteiger partial charge in [0, 0.05) is 5.52 Å². The van der Waals surface area contributed by atoms with Crippen LogP contribution in [0.5, 0.6) is 5.75 Å². The molecule has 0 aliphatic heterocycles. The third-order valence-corrected chi connectivity index (χ3v) is 1.96. The van der Waals surface area contributed by atoms with Crippen LogP contribution in [0.2, 0.25) is 0 Å². The van der Waals surface area contributed by atoms with E-state index in [4.69, 9.17) is 0 Å². The SMILES string of the molecule is Cc1ccc2[nH]c(=O)cc([O-])c2c1. The van der Waals surface area contributed by atoms with E-state index in [1.165, 1.54) is 0 Å². The van der Waals surface area contributed by atoms with Crippen LogP contribution in [-0.4, -0.2) is 4.98 Å². The Kier molecular flexibility index (Phi) is 1.59. The highest BCUT2D eigenvalue weighted by atomic mass is 16.3. The molecule has 0 aliphatic rings. The molecule has 0 saturated carbocycles. The number of nitrogens with one attached hydrogen (secondary N) is 1. The minimum Gasteiger partial charge on any atom is -0.872 e. The summed E-state index contributed by atoms with van der Waals surface area (Å²) in [5.41, 5.74) is 1.26. The molecule has 0 bridgehead atoms. The van der Waals surface area contributed by atoms with E-state index >= 15 is 0 Å². The van der Waals surface area contributed by atoms with Gasteiger partial charge in [0.25, 0.3) is 0 Å². The van der Waals surface area contributed by atoms with Gasteiger partial charge in [-0.25, -0.2) is 0 Å². The molecular formula is C10H8NO2-. The van der Waals surface area contributed by atoms with Gasteiger partial charge in [-0.05, 0) is 24.4 Å². The molecule has 2 aromatic rings. The first kappa shape index (κ1) is 7.86. The van der Waals surface area contributed by atoms with Crippen LogP contribution in [0.1, 0.15) is 5.56 Å². The lowest BCUT2D eigenvalue weighted by Gasteiger charge is -2.09. The predicted molar refractivity (Wildman–Crippen MR) is 48.8 cm³/mol. The first-order valence-corrected chi connectivity index (χ1v) is 3.97. The molecule has 0 aliphatic carbocycles. The smallest absolute Gasteiger partial charge is 0.247 e. The number of hydrogen-bond acceptors (Lipinski definition) is 2. The molecule has 0 spiro atoms. The van der Waals surface area contributed by atoms with Gasteiger partial charge in [0.15, 0.2) is 0 Å². The van der Waals surface area contributed by atoms with Crippen LogP contribution in [-0.2, 0) is 0 Å². The summed E-state index contributed by atoms with van der Waals surface area (Å²) in [4.78, 5) is 13.5. The van der Waals surface area contributed by atoms with Crippen molar-refractivity contribution < 1.29 is 5.11 Å². The Morgan fingerprint density at radius 1 is 1.31 bits per heavy atom. The average Bonchev–Trinajstić information content (AvgIpc) is 2.06. The second-order valence-electron chi connectivity index (χ2n) is 3.05. The van der Waals surface area contributed by atoms with Crippen molar-refractivity contribution in [1.29, 1.82) is 0 Å². The van der Waals surface area contributed by atoms with Crippen LogP contribution in [0.3, 0.4) is 0 Å². The van der Waals surface area contributed by atoms with Crippen molar-refractivity contribution >= 4 is 10.9 Å². The lowest BCUT2D eigenvalue weighted by atomic mass is 10.1. The van der Waals surface area contributed by atoms with E-state index in [2.05, 4.69) is 4.98 Å². The van der Waals surface area contributed by atoms with Crippen molar-refractivity contribution in [2.75, 3.05) is 0 Å². The van der Waals surface area contributed by atoms with E-state index < -0.39 is 0 Å². The van der Waals surface area contributed by atoms with Crippen molar-refractivity contribution in [3.8, 4) is 5.75 Å². The molecule has 1 aromatic heterocycles. The molecule has 0 radical (unpaired) electrons. The van der Waals surface area contributed by atoms with E-state index in [-0.39, 0.29) is 11.3 Å². The number of aromatic amines is 1. The van der Waals surface area contributed by atoms with Crippen LogP contribution >= 0.6 is 0 Å². The molecule has 3 heteroatoms. The van der Waals surface area contributed by atoms with Gasteiger partial charge in [-0.3, -0.25) is 4.79 Å². The van der Waals surface area contributed by atoms with Gasteiger partial charge < -0.3 is 10.1 Å². The molecule has 0 atom stereocenters. The number of aryl methyl sites for hydroxylation is 1. The molecule has 0 fully saturated rings. The zero-order valence-electron chi connectivity index (χ0n) is 7.13. The summed E-state index contributed by atoms with van der Waals surface area (Å²) in [6.45, 7) is 1.91. The fourth-order valence-electron chi connectivity index (χ4n) is 1.34. The van der Waals surface area contributed by atoms with Crippen LogP contribution in [0.25, 0.3) is 10.9 Å². The highest BCUT2D eigenvalue weighted by Gasteiger charge is 1.95. The van der Waals surface area contributed by atoms with Crippen LogP contribution < -0.4 is 10.7 Å². The maximum absolute atomic E-state index is 11.3. The van der Waals surface area contributed by atoms with Crippen molar-refractivity contribution in [3.63, 3.8) is 0 Å². The molecule has 1 N–H and O–H groups in total. The first-order chi connectivity index (χ1) is 6.16. The summed E-state index contributed by atoms with van der Waals surface area (Å²) in [6, 6.07) is 6.44. The lowest BCUT2D eigenvalue weighted by molar-refractivity contribution is -0.265. The number of hydrogen-bond donors (Lipinski definition) is 1. The van der Waals surface area contributed by atoms with Crippen LogP contribution in [0.4, 0.5) is 0 Å². The standard InChI is InChI=1S/C10H9NO2/c1-6-2-3-8-7(4-6)9(12)5-10(13)11-8/h2-5H,1H3,(H2,11,12,13)/p-1. The fourth-order valence-corrected chi connectivity index (χ4v) is 1.34. The molecule has 2 rings (SSSR count). The van der Waals surface area contributed by atoms with Gasteiger partial charge in [-0.2, -0.15) is 0 Å². The second-order valence-corrected chi connectivity index (χ2v) is 3.05. The molecule has 13 heavy (non-hydrogen) atoms. The number of pyridine rings is 1. The van der Waals surface area contributed by atoms with Crippen molar-refractivity contribution in [2.45, 2.75) is 6.92 Å². The molecular weight excluding hydrogens is 166 g/mol. The summed E-state index contributed by atoms with van der Waals surface area (Å²) in [5.74, 6) is -0.220. The summed E-state index contributed by atoms with van der Waals surface area (Å²) >= 11 is 0. The van der Waals surface area contributed by atoms with Crippen LogP contribution in [0.15, 0.2) is 29.1 Å². The zero-order chi connectivity index (χ0) is 9.42. The highest BCUT2D eigenvalue weighted by Crippen LogP contribution is 2.18. The van der Waals surface area contributed by atoms with Gasteiger partial charge >= 0.3 is 0 Å². The van der Waals surface area contributed by atoms with Gasteiger partial charge in [-0.15, -0.1) is 0 Å². The number of fused-ring (bicyclic) bond motifs is 1. The normalized spacial score (nSPS) is 10.5. The summed E-state index contributed by atoms with van der Waals surface area (Å²) in [6.07, 6.45) is 0. The Morgan fingerprint density at radius 2 is 2.08 bits per heavy atom. The minimum absolute atomic E-state index is 0.220. The first-order valence-electron chi connectivity index (χ1n) is 3.97. The highest BCUT2D eigenvalue weighted by molar-refractivity contribution is 5.84. The van der Waals surface area contributed by atoms with Crippen molar-refractivity contribution in [3.05, 3.63) is 40.2 Å². The van der Waals surface area contributed by atoms with Crippen LogP contribution in [0, 0.1) is 6.92 Å². The maximum Gasteiger partial charge on any atom is 0.247 e. The lowest BCUT2D eigenvalue weighted by Crippen LogP contribution is -2.06. The Morgan fingerprint density at radius 3 is 2.85 bits per heavy atom. The molecule has 0 amide bonds. The molecule has 1 aromatic carbocycles. The number of benzene rings is 1. The van der Waals surface area contributed by atoms with E-state index in [1.54, 1.807) is 12.1 Å². The molecule has 66 valence electrons. The number of aromatic nitrogens is 1. The summed E-state index contributed by atoms with van der Waals surface area (Å²) in [7, 11) is 0. The Hall–Kier alpha value is -1.77. The third kappa shape index (κ3) is 1.28. The summed E-state index contributed by atoms with van der Waals surface area (Å²) in [5, 5.41) is 11.9. The largest absolute Gasteiger partial charge is 0.872 e. The number of rotatable bonds is 0. The third-order valence-electron chi connectivity index (χ3n) is 1.96. The zero-order valence-corrected chi connectivity index (χ0v) is 7.13. The monoisotopic (exact) mass is 174 g/mol. The Bertz CT molecular complexity index is 514. The Labute approximate surface area is 74.7 Å². The minimum atomic E-state index is -0.346. The Balaban J connectivity index is 2.95. The summed E-state index contributed by atoms with van der Waals surface area (Å²) < 4.78 is 0. The van der Waals surface area contributed by atoms with Gasteiger partial charge in [0.2, 0.25) is 5.56 Å². The molecule has 0 saturated heterocycles. The van der Waals surface area contributed by atoms with Gasteiger partial charge in [0.05, 0.1) is 0 Å². The van der Waals surface area contributed by atoms with Gasteiger partial charge in [0.1, 0.15) is 0 Å². The molecule has 0 unspecified atom stereocenters. The molecule has 3 nitrogen and oxygen atoms in total. The average molecular weight is 174 g/mol. The second kappa shape index (κ2) is 2.62. The van der Waals surface area contributed by atoms with E-state index in [0.29, 0.717) is 10.9 Å². The van der Waals surface area contributed by atoms with E-state index in [1.807, 2.05) is 13.0 Å². The van der Waals surface area contributed by atoms with Gasteiger partial charge in [-0.1, -0.05) is 23.4 Å². The predicted octanol–water partition coefficient (Wildman–Crippen LogP) is 0.910. The topological polar surface area (TPSA) is 55.9 Å².